The summed E-state index contributed by atoms with van der Waals surface area (Å²) in [6.45, 7) is 16.8. The van der Waals surface area contributed by atoms with E-state index >= 15 is 0 Å². The maximum atomic E-state index is 13.0. The first-order valence-electron chi connectivity index (χ1n) is 16.9. The molecule has 6 heteroatoms. The van der Waals surface area contributed by atoms with Gasteiger partial charge in [-0.1, -0.05) is 65.2 Å². The number of allylic oxidation sites excluding steroid dienone is 4. The average Bonchev–Trinajstić information content (AvgIpc) is 3.18. The van der Waals surface area contributed by atoms with Gasteiger partial charge in [-0.05, 0) is 123 Å². The number of carboxylic acid groups (broad SMARTS) is 1. The zero-order chi connectivity index (χ0) is 31.9. The van der Waals surface area contributed by atoms with Gasteiger partial charge < -0.3 is 20.1 Å². The number of aliphatic hydroxyl groups excluding tert-OH is 2. The molecular weight excluding hydrogens is 540 g/mol. The smallest absolute Gasteiger partial charge is 0.331 e. The van der Waals surface area contributed by atoms with Gasteiger partial charge in [0.1, 0.15) is 6.10 Å². The summed E-state index contributed by atoms with van der Waals surface area (Å²) in [5.74, 6) is -0.967. The Bertz CT molecular complexity index is 1160. The Morgan fingerprint density at radius 1 is 1.00 bits per heavy atom. The number of carboxylic acids is 1. The molecule has 0 spiro atoms. The molecule has 0 bridgehead atoms. The summed E-state index contributed by atoms with van der Waals surface area (Å²) >= 11 is 0. The topological polar surface area (TPSA) is 104 Å². The van der Waals surface area contributed by atoms with Crippen LogP contribution in [0.2, 0.25) is 0 Å². The first-order chi connectivity index (χ1) is 20.1. The Labute approximate surface area is 260 Å². The molecule has 0 amide bonds. The van der Waals surface area contributed by atoms with Gasteiger partial charge in [-0.2, -0.15) is 0 Å². The van der Waals surface area contributed by atoms with Crippen LogP contribution in [0.1, 0.15) is 126 Å². The number of aliphatic carboxylic acids is 1. The van der Waals surface area contributed by atoms with Gasteiger partial charge in [0.05, 0.1) is 12.2 Å². The fourth-order valence-corrected chi connectivity index (χ4v) is 10.6. The SMILES string of the molecule is CCCC/C=C/C(CC/C(C(=O)O)=C1\C2C[C@@H](O)[C@H]3[C@@]4(C)CC[C@@H](O)[C@@H](C)C4CC[C@]3(C)[C@@]2(C)C[C@@H]1OC(C)=O)=C(C)C. The van der Waals surface area contributed by atoms with Gasteiger partial charge >= 0.3 is 11.9 Å². The van der Waals surface area contributed by atoms with Crippen molar-refractivity contribution in [1.82, 2.24) is 0 Å². The third-order valence-corrected chi connectivity index (χ3v) is 13.0. The van der Waals surface area contributed by atoms with Gasteiger partial charge in [-0.25, -0.2) is 4.79 Å². The molecule has 6 nitrogen and oxygen atoms in total. The van der Waals surface area contributed by atoms with Crippen LogP contribution in [-0.2, 0) is 14.3 Å². The fourth-order valence-electron chi connectivity index (χ4n) is 10.6. The van der Waals surface area contributed by atoms with Crippen molar-refractivity contribution in [2.75, 3.05) is 0 Å². The molecule has 0 saturated heterocycles. The Hall–Kier alpha value is -1.92. The Balaban J connectivity index is 1.76. The van der Waals surface area contributed by atoms with Crippen LogP contribution in [0.4, 0.5) is 0 Å². The van der Waals surface area contributed by atoms with Gasteiger partial charge in [0, 0.05) is 12.5 Å². The lowest BCUT2D eigenvalue weighted by molar-refractivity contribution is -0.234. The van der Waals surface area contributed by atoms with Crippen LogP contribution in [0.15, 0.2) is 34.4 Å². The van der Waals surface area contributed by atoms with Crippen LogP contribution in [0.5, 0.6) is 0 Å². The summed E-state index contributed by atoms with van der Waals surface area (Å²) in [6.07, 6.45) is 11.7. The molecule has 0 aromatic rings. The second-order valence-electron chi connectivity index (χ2n) is 15.4. The molecule has 3 N–H and O–H groups in total. The van der Waals surface area contributed by atoms with Crippen molar-refractivity contribution < 1.29 is 29.6 Å². The zero-order valence-electron chi connectivity index (χ0n) is 28.0. The van der Waals surface area contributed by atoms with E-state index in [0.29, 0.717) is 37.2 Å². The van der Waals surface area contributed by atoms with Crippen molar-refractivity contribution in [2.24, 2.45) is 39.9 Å². The molecule has 0 radical (unpaired) electrons. The zero-order valence-corrected chi connectivity index (χ0v) is 28.0. The molecule has 4 fully saturated rings. The van der Waals surface area contributed by atoms with Gasteiger partial charge in [-0.15, -0.1) is 0 Å². The van der Waals surface area contributed by atoms with E-state index in [-0.39, 0.29) is 40.1 Å². The first-order valence-corrected chi connectivity index (χ1v) is 16.9. The molecule has 242 valence electrons. The minimum absolute atomic E-state index is 0.0334. The summed E-state index contributed by atoms with van der Waals surface area (Å²) in [5.41, 5.74) is 2.70. The van der Waals surface area contributed by atoms with Gasteiger partial charge in [0.25, 0.3) is 0 Å². The van der Waals surface area contributed by atoms with Crippen molar-refractivity contribution in [2.45, 2.75) is 144 Å². The maximum Gasteiger partial charge on any atom is 0.331 e. The molecule has 4 saturated carbocycles. The third kappa shape index (κ3) is 5.92. The summed E-state index contributed by atoms with van der Waals surface area (Å²) in [5, 5.41) is 33.5. The van der Waals surface area contributed by atoms with Crippen LogP contribution in [0.3, 0.4) is 0 Å². The summed E-state index contributed by atoms with van der Waals surface area (Å²) in [7, 11) is 0. The highest BCUT2D eigenvalue weighted by Gasteiger charge is 2.70. The molecule has 10 atom stereocenters. The number of esters is 1. The molecule has 4 rings (SSSR count). The largest absolute Gasteiger partial charge is 0.478 e. The molecule has 0 aromatic heterocycles. The summed E-state index contributed by atoms with van der Waals surface area (Å²) < 4.78 is 5.98. The van der Waals surface area contributed by atoms with Crippen LogP contribution >= 0.6 is 0 Å². The molecule has 2 unspecified atom stereocenters. The van der Waals surface area contributed by atoms with E-state index in [1.54, 1.807) is 0 Å². The van der Waals surface area contributed by atoms with E-state index in [2.05, 4.69) is 60.6 Å². The molecule has 0 heterocycles. The molecule has 4 aliphatic carbocycles. The lowest BCUT2D eigenvalue weighted by Crippen LogP contribution is -2.65. The van der Waals surface area contributed by atoms with E-state index in [9.17, 15) is 24.9 Å². The summed E-state index contributed by atoms with van der Waals surface area (Å²) in [4.78, 5) is 25.4. The number of aliphatic hydroxyl groups is 2. The fraction of sp³-hybridized carbons (Fsp3) is 0.784. The molecular formula is C37H58O6. The van der Waals surface area contributed by atoms with Crippen molar-refractivity contribution >= 4 is 11.9 Å². The van der Waals surface area contributed by atoms with E-state index in [0.717, 1.165) is 56.1 Å². The van der Waals surface area contributed by atoms with Gasteiger partial charge in [-0.3, -0.25) is 4.79 Å². The van der Waals surface area contributed by atoms with Crippen LogP contribution in [0.25, 0.3) is 0 Å². The number of hydrogen-bond acceptors (Lipinski definition) is 5. The van der Waals surface area contributed by atoms with Gasteiger partial charge in [0.2, 0.25) is 0 Å². The summed E-state index contributed by atoms with van der Waals surface area (Å²) in [6, 6.07) is 0. The number of unbranched alkanes of at least 4 members (excludes halogenated alkanes) is 2. The molecule has 0 aliphatic heterocycles. The number of hydrogen-bond donors (Lipinski definition) is 3. The first kappa shape index (κ1) is 34.0. The number of carbonyl (C=O) groups excluding carboxylic acids is 1. The Morgan fingerprint density at radius 3 is 2.30 bits per heavy atom. The van der Waals surface area contributed by atoms with Crippen molar-refractivity contribution in [3.63, 3.8) is 0 Å². The highest BCUT2D eigenvalue weighted by Crippen LogP contribution is 2.74. The Morgan fingerprint density at radius 2 is 1.70 bits per heavy atom. The van der Waals surface area contributed by atoms with Crippen LogP contribution < -0.4 is 0 Å². The third-order valence-electron chi connectivity index (χ3n) is 13.0. The molecule has 0 aromatic carbocycles. The second kappa shape index (κ2) is 12.8. The average molecular weight is 599 g/mol. The van der Waals surface area contributed by atoms with E-state index in [1.165, 1.54) is 12.5 Å². The van der Waals surface area contributed by atoms with Gasteiger partial charge in [0.15, 0.2) is 0 Å². The highest BCUT2D eigenvalue weighted by molar-refractivity contribution is 5.88. The van der Waals surface area contributed by atoms with Crippen LogP contribution in [-0.4, -0.2) is 45.6 Å². The van der Waals surface area contributed by atoms with E-state index < -0.39 is 24.1 Å². The Kier molecular flexibility index (Phi) is 10.1. The number of rotatable bonds is 9. The minimum Gasteiger partial charge on any atom is -0.478 e. The number of carbonyl (C=O) groups is 2. The van der Waals surface area contributed by atoms with Crippen molar-refractivity contribution in [3.8, 4) is 0 Å². The van der Waals surface area contributed by atoms with E-state index in [4.69, 9.17) is 4.74 Å². The lowest BCUT2D eigenvalue weighted by Gasteiger charge is -2.69. The standard InChI is InChI=1S/C37H58O6/c1-9-10-11-12-13-25(22(2)3)14-15-26(34(41)42)32-28-20-30(40)33-35(6)18-17-29(39)23(4)27(35)16-19-36(33,7)37(28,8)21-31(32)43-24(5)38/h12-13,23,27-31,33,39-40H,9-11,14-21H2,1-8H3,(H,41,42)/b13-12+,32-26-/t23-,27?,28?,29+,30+,31-,33-,35-,36-,37-/m0/s1. The van der Waals surface area contributed by atoms with Crippen molar-refractivity contribution in [3.05, 3.63) is 34.4 Å². The number of fused-ring (bicyclic) bond motifs is 5. The van der Waals surface area contributed by atoms with Crippen molar-refractivity contribution in [1.29, 1.82) is 0 Å². The maximum absolute atomic E-state index is 13.0. The second-order valence-corrected chi connectivity index (χ2v) is 15.4. The number of ether oxygens (including phenoxy) is 1. The molecule has 4 aliphatic rings. The van der Waals surface area contributed by atoms with E-state index in [1.807, 2.05) is 0 Å². The lowest BCUT2D eigenvalue weighted by atomic mass is 9.36. The quantitative estimate of drug-likeness (QED) is 0.108. The minimum atomic E-state index is -0.952. The van der Waals surface area contributed by atoms with Crippen LogP contribution in [0, 0.1) is 39.9 Å². The predicted molar refractivity (Wildman–Crippen MR) is 170 cm³/mol. The highest BCUT2D eigenvalue weighted by atomic mass is 16.5. The predicted octanol–water partition coefficient (Wildman–Crippen LogP) is 7.78. The normalized spacial score (nSPS) is 41.7. The molecule has 43 heavy (non-hydrogen) atoms. The monoisotopic (exact) mass is 598 g/mol.